The van der Waals surface area contributed by atoms with Gasteiger partial charge in [-0.3, -0.25) is 0 Å². The summed E-state index contributed by atoms with van der Waals surface area (Å²) in [6.45, 7) is 0. The second kappa shape index (κ2) is 6.42. The molecule has 0 aromatic heterocycles. The summed E-state index contributed by atoms with van der Waals surface area (Å²) in [6.07, 6.45) is 0.179. The first-order valence-electron chi connectivity index (χ1n) is 5.93. The topological polar surface area (TPSA) is 9.23 Å². The number of benzene rings is 2. The normalized spacial score (nSPS) is 12.2. The summed E-state index contributed by atoms with van der Waals surface area (Å²) >= 11 is 12.2. The maximum atomic E-state index is 13.7. The van der Waals surface area contributed by atoms with Gasteiger partial charge in [-0.2, -0.15) is 0 Å². The Morgan fingerprint density at radius 3 is 2.50 bits per heavy atom. The van der Waals surface area contributed by atoms with Gasteiger partial charge in [0, 0.05) is 10.6 Å². The fraction of sp³-hybridized carbons (Fsp3) is 0.200. The van der Waals surface area contributed by atoms with Gasteiger partial charge in [0.1, 0.15) is 5.82 Å². The van der Waals surface area contributed by atoms with E-state index in [1.165, 1.54) is 31.4 Å². The van der Waals surface area contributed by atoms with Crippen molar-refractivity contribution < 1.29 is 13.5 Å². The minimum absolute atomic E-state index is 0.140. The number of methoxy groups -OCH3 is 1. The predicted molar refractivity (Wildman–Crippen MR) is 76.7 cm³/mol. The van der Waals surface area contributed by atoms with E-state index in [0.717, 1.165) is 0 Å². The van der Waals surface area contributed by atoms with Crippen LogP contribution in [0.15, 0.2) is 36.4 Å². The molecule has 0 radical (unpaired) electrons. The van der Waals surface area contributed by atoms with E-state index in [4.69, 9.17) is 27.9 Å². The van der Waals surface area contributed by atoms with Crippen LogP contribution in [0.4, 0.5) is 8.78 Å². The summed E-state index contributed by atoms with van der Waals surface area (Å²) in [4.78, 5) is 0. The Bertz CT molecular complexity index is 597. The molecule has 0 saturated carbocycles. The molecule has 1 unspecified atom stereocenters. The van der Waals surface area contributed by atoms with Crippen LogP contribution >= 0.6 is 23.2 Å². The Labute approximate surface area is 126 Å². The molecule has 1 atom stereocenters. The maximum absolute atomic E-state index is 13.7. The molecule has 0 fully saturated rings. The molecular weight excluding hydrogens is 305 g/mol. The molecule has 0 bridgehead atoms. The summed E-state index contributed by atoms with van der Waals surface area (Å²) in [5, 5.41) is -0.269. The van der Waals surface area contributed by atoms with E-state index in [2.05, 4.69) is 0 Å². The zero-order chi connectivity index (χ0) is 14.7. The van der Waals surface area contributed by atoms with Gasteiger partial charge in [0.2, 0.25) is 0 Å². The van der Waals surface area contributed by atoms with Crippen molar-refractivity contribution in [3.05, 3.63) is 64.2 Å². The van der Waals surface area contributed by atoms with Gasteiger partial charge in [-0.05, 0) is 36.2 Å². The van der Waals surface area contributed by atoms with Crippen LogP contribution in [0.3, 0.4) is 0 Å². The van der Waals surface area contributed by atoms with Crippen LogP contribution in [0.2, 0.25) is 5.02 Å². The fourth-order valence-corrected chi connectivity index (χ4v) is 2.43. The minimum Gasteiger partial charge on any atom is -0.494 e. The van der Waals surface area contributed by atoms with E-state index in [1.807, 2.05) is 0 Å². The van der Waals surface area contributed by atoms with Crippen molar-refractivity contribution in [2.45, 2.75) is 11.8 Å². The second-order valence-electron chi connectivity index (χ2n) is 4.27. The monoisotopic (exact) mass is 316 g/mol. The number of hydrogen-bond donors (Lipinski definition) is 0. The Kier molecular flexibility index (Phi) is 4.84. The summed E-state index contributed by atoms with van der Waals surface area (Å²) in [5.74, 6) is -0.783. The van der Waals surface area contributed by atoms with E-state index >= 15 is 0 Å². The average Bonchev–Trinajstić information content (AvgIpc) is 2.42. The van der Waals surface area contributed by atoms with Crippen LogP contribution in [-0.2, 0) is 6.42 Å². The third-order valence-corrected chi connectivity index (χ3v) is 3.74. The Balaban J connectivity index is 2.24. The van der Waals surface area contributed by atoms with Crippen LogP contribution in [0.5, 0.6) is 5.75 Å². The standard InChI is InChI=1S/C15H12Cl2F2O/c1-20-15-6-5-9(7-14(15)19)12(17)8-10-11(16)3-2-4-13(10)18/h2-7,12H,8H2,1H3. The molecule has 106 valence electrons. The summed E-state index contributed by atoms with van der Waals surface area (Å²) in [5.41, 5.74) is 0.870. The molecule has 0 saturated heterocycles. The number of ether oxygens (including phenoxy) is 1. The molecular formula is C15H12Cl2F2O. The third kappa shape index (κ3) is 3.22. The van der Waals surface area contributed by atoms with Crippen molar-refractivity contribution in [3.8, 4) is 5.75 Å². The predicted octanol–water partition coefficient (Wildman–Crippen LogP) is 5.15. The van der Waals surface area contributed by atoms with E-state index < -0.39 is 17.0 Å². The molecule has 2 aromatic carbocycles. The van der Waals surface area contributed by atoms with Crippen molar-refractivity contribution in [2.75, 3.05) is 7.11 Å². The highest BCUT2D eigenvalue weighted by Gasteiger charge is 2.16. The Hall–Kier alpha value is -1.32. The molecule has 2 aromatic rings. The fourth-order valence-electron chi connectivity index (χ4n) is 1.90. The molecule has 0 aliphatic rings. The molecule has 0 aliphatic heterocycles. The first kappa shape index (κ1) is 15.1. The molecule has 0 heterocycles. The van der Waals surface area contributed by atoms with E-state index in [1.54, 1.807) is 12.1 Å². The SMILES string of the molecule is COc1ccc(C(Cl)Cc2c(F)cccc2Cl)cc1F. The summed E-state index contributed by atoms with van der Waals surface area (Å²) in [7, 11) is 1.38. The lowest BCUT2D eigenvalue weighted by atomic mass is 10.0. The van der Waals surface area contributed by atoms with Crippen LogP contribution in [0.25, 0.3) is 0 Å². The van der Waals surface area contributed by atoms with Crippen molar-refractivity contribution in [3.63, 3.8) is 0 Å². The highest BCUT2D eigenvalue weighted by molar-refractivity contribution is 6.31. The smallest absolute Gasteiger partial charge is 0.165 e. The molecule has 20 heavy (non-hydrogen) atoms. The minimum atomic E-state index is -0.579. The Morgan fingerprint density at radius 2 is 1.90 bits per heavy atom. The zero-order valence-corrected chi connectivity index (χ0v) is 12.2. The van der Waals surface area contributed by atoms with Crippen molar-refractivity contribution in [2.24, 2.45) is 0 Å². The largest absolute Gasteiger partial charge is 0.494 e. The van der Waals surface area contributed by atoms with Crippen LogP contribution in [0.1, 0.15) is 16.5 Å². The summed E-state index contributed by atoms with van der Waals surface area (Å²) < 4.78 is 32.1. The second-order valence-corrected chi connectivity index (χ2v) is 5.20. The van der Waals surface area contributed by atoms with Gasteiger partial charge in [0.05, 0.1) is 12.5 Å². The molecule has 1 nitrogen and oxygen atoms in total. The van der Waals surface area contributed by atoms with E-state index in [0.29, 0.717) is 16.1 Å². The molecule has 2 rings (SSSR count). The number of rotatable bonds is 4. The van der Waals surface area contributed by atoms with Crippen molar-refractivity contribution in [1.29, 1.82) is 0 Å². The number of hydrogen-bond acceptors (Lipinski definition) is 1. The van der Waals surface area contributed by atoms with Gasteiger partial charge in [0.15, 0.2) is 11.6 Å². The number of halogens is 4. The van der Waals surface area contributed by atoms with Gasteiger partial charge in [-0.15, -0.1) is 11.6 Å². The first-order valence-corrected chi connectivity index (χ1v) is 6.74. The van der Waals surface area contributed by atoms with Crippen molar-refractivity contribution >= 4 is 23.2 Å². The molecule has 0 amide bonds. The van der Waals surface area contributed by atoms with Crippen LogP contribution in [0, 0.1) is 11.6 Å². The summed E-state index contributed by atoms with van der Waals surface area (Å²) in [6, 6.07) is 8.86. The molecule has 0 spiro atoms. The van der Waals surface area contributed by atoms with Gasteiger partial charge < -0.3 is 4.74 Å². The molecule has 0 N–H and O–H groups in total. The lowest BCUT2D eigenvalue weighted by Gasteiger charge is -2.13. The van der Waals surface area contributed by atoms with Gasteiger partial charge in [-0.25, -0.2) is 8.78 Å². The zero-order valence-electron chi connectivity index (χ0n) is 10.7. The molecule has 0 aliphatic carbocycles. The Morgan fingerprint density at radius 1 is 1.15 bits per heavy atom. The van der Waals surface area contributed by atoms with Crippen molar-refractivity contribution in [1.82, 2.24) is 0 Å². The maximum Gasteiger partial charge on any atom is 0.165 e. The lowest BCUT2D eigenvalue weighted by molar-refractivity contribution is 0.386. The van der Waals surface area contributed by atoms with E-state index in [9.17, 15) is 8.78 Å². The van der Waals surface area contributed by atoms with E-state index in [-0.39, 0.29) is 12.2 Å². The third-order valence-electron chi connectivity index (χ3n) is 2.98. The highest BCUT2D eigenvalue weighted by atomic mass is 35.5. The van der Waals surface area contributed by atoms with Crippen LogP contribution in [-0.4, -0.2) is 7.11 Å². The van der Waals surface area contributed by atoms with Gasteiger partial charge in [-0.1, -0.05) is 23.7 Å². The lowest BCUT2D eigenvalue weighted by Crippen LogP contribution is -2.00. The van der Waals surface area contributed by atoms with Crippen LogP contribution < -0.4 is 4.74 Å². The van der Waals surface area contributed by atoms with Gasteiger partial charge in [0.25, 0.3) is 0 Å². The number of alkyl halides is 1. The highest BCUT2D eigenvalue weighted by Crippen LogP contribution is 2.31. The molecule has 5 heteroatoms. The average molecular weight is 317 g/mol. The van der Waals surface area contributed by atoms with Gasteiger partial charge >= 0.3 is 0 Å². The first-order chi connectivity index (χ1) is 9.52. The quantitative estimate of drug-likeness (QED) is 0.709.